The summed E-state index contributed by atoms with van der Waals surface area (Å²) in [5.74, 6) is 5.67. The van der Waals surface area contributed by atoms with Gasteiger partial charge in [-0.05, 0) is 61.1 Å². The first-order chi connectivity index (χ1) is 18.7. The third-order valence-corrected chi connectivity index (χ3v) is 6.31. The summed E-state index contributed by atoms with van der Waals surface area (Å²) in [7, 11) is 1.51. The van der Waals surface area contributed by atoms with E-state index in [1.165, 1.54) is 12.7 Å². The minimum atomic E-state index is -0.485. The minimum absolute atomic E-state index is 0.160. The summed E-state index contributed by atoms with van der Waals surface area (Å²) in [4.78, 5) is 34.5. The average Bonchev–Trinajstić information content (AvgIpc) is 3.30. The largest absolute Gasteiger partial charge is 0.382 e. The minimum Gasteiger partial charge on any atom is -0.382 e. The Labute approximate surface area is 227 Å². The van der Waals surface area contributed by atoms with Crippen molar-refractivity contribution in [2.45, 2.75) is 39.7 Å². The van der Waals surface area contributed by atoms with Crippen molar-refractivity contribution in [2.75, 3.05) is 24.8 Å². The molecule has 0 fully saturated rings. The number of fused-ring (bicyclic) bond motifs is 1. The number of ether oxygens (including phenoxy) is 1. The summed E-state index contributed by atoms with van der Waals surface area (Å²) >= 11 is 0. The topological polar surface area (TPSA) is 124 Å². The SMILES string of the molecule is COCC#CC(=O)N[C@@H](C)c1nc(-c2cccc(C(=O)Nc3ccc(C(C)C)c(C)c3)c2)c2c(N)nccn12. The first-order valence-electron chi connectivity index (χ1n) is 12.6. The Morgan fingerprint density at radius 3 is 2.67 bits per heavy atom. The molecule has 4 aromatic rings. The lowest BCUT2D eigenvalue weighted by molar-refractivity contribution is -0.116. The fourth-order valence-corrected chi connectivity index (χ4v) is 4.49. The van der Waals surface area contributed by atoms with Gasteiger partial charge in [-0.1, -0.05) is 38.0 Å². The second kappa shape index (κ2) is 11.8. The number of aryl methyl sites for hydroxylation is 1. The number of imidazole rings is 1. The summed E-state index contributed by atoms with van der Waals surface area (Å²) in [6.45, 7) is 8.30. The summed E-state index contributed by atoms with van der Waals surface area (Å²) in [6, 6.07) is 12.6. The van der Waals surface area contributed by atoms with E-state index < -0.39 is 11.9 Å². The quantitative estimate of drug-likeness (QED) is 0.306. The second-order valence-electron chi connectivity index (χ2n) is 9.54. The van der Waals surface area contributed by atoms with E-state index >= 15 is 0 Å². The van der Waals surface area contributed by atoms with Crippen LogP contribution in [0, 0.1) is 18.8 Å². The molecule has 4 N–H and O–H groups in total. The number of carbonyl (C=O) groups excluding carboxylic acids is 2. The Balaban J connectivity index is 1.65. The van der Waals surface area contributed by atoms with Crippen molar-refractivity contribution in [3.63, 3.8) is 0 Å². The summed E-state index contributed by atoms with van der Waals surface area (Å²) < 4.78 is 6.65. The fraction of sp³-hybridized carbons (Fsp3) is 0.267. The molecule has 0 aliphatic heterocycles. The third kappa shape index (κ3) is 6.08. The van der Waals surface area contributed by atoms with Crippen LogP contribution in [0.15, 0.2) is 54.9 Å². The molecule has 0 radical (unpaired) electrons. The van der Waals surface area contributed by atoms with E-state index in [4.69, 9.17) is 15.5 Å². The van der Waals surface area contributed by atoms with Crippen molar-refractivity contribution in [1.82, 2.24) is 19.7 Å². The molecular formula is C30H32N6O3. The Kier molecular flexibility index (Phi) is 8.27. The summed E-state index contributed by atoms with van der Waals surface area (Å²) in [5, 5.41) is 5.81. The standard InChI is InChI=1S/C30H32N6O3/c1-18(2)24-12-11-23(16-19(24)3)34-30(38)22-9-6-8-21(17-22)26-27-28(31)32-13-14-36(27)29(35-26)20(4)33-25(37)10-7-15-39-5/h6,8-9,11-14,16-18,20H,15H2,1-5H3,(H2,31,32)(H,33,37)(H,34,38)/t20-/m0/s1. The maximum atomic E-state index is 13.2. The second-order valence-corrected chi connectivity index (χ2v) is 9.54. The van der Waals surface area contributed by atoms with Crippen LogP contribution >= 0.6 is 0 Å². The number of carbonyl (C=O) groups is 2. The molecule has 2 aromatic carbocycles. The molecule has 1 atom stereocenters. The number of nitrogens with two attached hydrogens (primary N) is 1. The molecule has 0 bridgehead atoms. The van der Waals surface area contributed by atoms with Gasteiger partial charge in [-0.15, -0.1) is 0 Å². The van der Waals surface area contributed by atoms with Gasteiger partial charge in [0.1, 0.15) is 29.5 Å². The van der Waals surface area contributed by atoms with Gasteiger partial charge in [-0.3, -0.25) is 14.0 Å². The highest BCUT2D eigenvalue weighted by atomic mass is 16.5. The van der Waals surface area contributed by atoms with Gasteiger partial charge in [0.2, 0.25) is 0 Å². The zero-order valence-corrected chi connectivity index (χ0v) is 22.7. The summed E-state index contributed by atoms with van der Waals surface area (Å²) in [6.07, 6.45) is 3.30. The van der Waals surface area contributed by atoms with Crippen LogP contribution in [-0.4, -0.2) is 39.9 Å². The third-order valence-electron chi connectivity index (χ3n) is 6.31. The molecule has 9 heteroatoms. The van der Waals surface area contributed by atoms with Gasteiger partial charge in [0.15, 0.2) is 0 Å². The number of methoxy groups -OCH3 is 1. The molecule has 4 rings (SSSR count). The van der Waals surface area contributed by atoms with Gasteiger partial charge in [-0.25, -0.2) is 9.97 Å². The van der Waals surface area contributed by atoms with Crippen LogP contribution < -0.4 is 16.4 Å². The Morgan fingerprint density at radius 1 is 1.15 bits per heavy atom. The molecule has 2 heterocycles. The van der Waals surface area contributed by atoms with E-state index in [1.807, 2.05) is 38.1 Å². The highest BCUT2D eigenvalue weighted by Crippen LogP contribution is 2.31. The van der Waals surface area contributed by atoms with Crippen LogP contribution in [0.3, 0.4) is 0 Å². The number of anilines is 2. The van der Waals surface area contributed by atoms with Crippen molar-refractivity contribution in [2.24, 2.45) is 0 Å². The van der Waals surface area contributed by atoms with Crippen LogP contribution in [0.1, 0.15) is 60.0 Å². The van der Waals surface area contributed by atoms with Crippen LogP contribution in [0.2, 0.25) is 0 Å². The molecule has 0 aliphatic carbocycles. The van der Waals surface area contributed by atoms with E-state index in [2.05, 4.69) is 41.3 Å². The molecule has 0 spiro atoms. The van der Waals surface area contributed by atoms with Gasteiger partial charge in [-0.2, -0.15) is 0 Å². The number of amides is 2. The average molecular weight is 525 g/mol. The van der Waals surface area contributed by atoms with E-state index in [1.54, 1.807) is 35.0 Å². The maximum absolute atomic E-state index is 13.2. The van der Waals surface area contributed by atoms with Crippen molar-refractivity contribution in [1.29, 1.82) is 0 Å². The number of benzene rings is 2. The highest BCUT2D eigenvalue weighted by molar-refractivity contribution is 6.05. The van der Waals surface area contributed by atoms with E-state index in [9.17, 15) is 9.59 Å². The molecule has 0 saturated carbocycles. The normalized spacial score (nSPS) is 11.6. The van der Waals surface area contributed by atoms with Gasteiger partial charge in [0.25, 0.3) is 11.8 Å². The number of nitrogens with zero attached hydrogens (tertiary/aromatic N) is 3. The number of hydrogen-bond acceptors (Lipinski definition) is 6. The number of rotatable bonds is 7. The lowest BCUT2D eigenvalue weighted by Gasteiger charge is -2.12. The Hall–Kier alpha value is -4.68. The van der Waals surface area contributed by atoms with Gasteiger partial charge in [0, 0.05) is 36.3 Å². The molecular weight excluding hydrogens is 492 g/mol. The van der Waals surface area contributed by atoms with Crippen molar-refractivity contribution in [3.05, 3.63) is 77.4 Å². The first kappa shape index (κ1) is 27.4. The molecule has 2 aromatic heterocycles. The number of nitrogen functional groups attached to an aromatic ring is 1. The molecule has 0 saturated heterocycles. The maximum Gasteiger partial charge on any atom is 0.296 e. The Bertz CT molecular complexity index is 1600. The Morgan fingerprint density at radius 2 is 1.95 bits per heavy atom. The summed E-state index contributed by atoms with van der Waals surface area (Å²) in [5.41, 5.74) is 11.7. The van der Waals surface area contributed by atoms with Crippen LogP contribution in [-0.2, 0) is 9.53 Å². The van der Waals surface area contributed by atoms with Crippen LogP contribution in [0.5, 0.6) is 0 Å². The fourth-order valence-electron chi connectivity index (χ4n) is 4.49. The lowest BCUT2D eigenvalue weighted by atomic mass is 9.97. The van der Waals surface area contributed by atoms with Crippen molar-refractivity contribution in [3.8, 4) is 23.1 Å². The van der Waals surface area contributed by atoms with Gasteiger partial charge in [0.05, 0.1) is 6.04 Å². The van der Waals surface area contributed by atoms with Gasteiger partial charge < -0.3 is 21.1 Å². The predicted octanol–water partition coefficient (Wildman–Crippen LogP) is 4.49. The number of aromatic nitrogens is 3. The van der Waals surface area contributed by atoms with Crippen LogP contribution in [0.25, 0.3) is 16.8 Å². The molecule has 0 unspecified atom stereocenters. The van der Waals surface area contributed by atoms with Crippen molar-refractivity contribution >= 4 is 28.8 Å². The van der Waals surface area contributed by atoms with Gasteiger partial charge >= 0.3 is 0 Å². The number of hydrogen-bond donors (Lipinski definition) is 3. The first-order valence-corrected chi connectivity index (χ1v) is 12.6. The zero-order chi connectivity index (χ0) is 28.1. The number of nitrogens with one attached hydrogen (secondary N) is 2. The monoisotopic (exact) mass is 524 g/mol. The van der Waals surface area contributed by atoms with E-state index in [0.717, 1.165) is 11.3 Å². The molecule has 200 valence electrons. The highest BCUT2D eigenvalue weighted by Gasteiger charge is 2.21. The smallest absolute Gasteiger partial charge is 0.296 e. The van der Waals surface area contributed by atoms with E-state index in [-0.39, 0.29) is 18.3 Å². The molecule has 39 heavy (non-hydrogen) atoms. The predicted molar refractivity (Wildman–Crippen MR) is 152 cm³/mol. The lowest BCUT2D eigenvalue weighted by Crippen LogP contribution is -2.26. The molecule has 2 amide bonds. The molecule has 0 aliphatic rings. The van der Waals surface area contributed by atoms with E-state index in [0.29, 0.717) is 34.1 Å². The zero-order valence-electron chi connectivity index (χ0n) is 22.7. The van der Waals surface area contributed by atoms with Crippen LogP contribution in [0.4, 0.5) is 11.5 Å². The molecule has 9 nitrogen and oxygen atoms in total. The van der Waals surface area contributed by atoms with Crippen molar-refractivity contribution < 1.29 is 14.3 Å².